The number of hydrogen-bond acceptors (Lipinski definition) is 7. The molecule has 13 aromatic rings. The zero-order chi connectivity index (χ0) is 41.4. The first kappa shape index (κ1) is 35.0. The molecule has 0 spiro atoms. The molecule has 0 aliphatic heterocycles. The van der Waals surface area contributed by atoms with Crippen LogP contribution in [0.15, 0.2) is 203 Å². The molecule has 8 nitrogen and oxygen atoms in total. The molecule has 0 aliphatic carbocycles. The molecule has 0 radical (unpaired) electrons. The molecule has 0 saturated carbocycles. The zero-order valence-electron chi connectivity index (χ0n) is 33.5. The number of hydrogen-bond donors (Lipinski definition) is 0. The first-order valence-corrected chi connectivity index (χ1v) is 20.8. The molecule has 0 bridgehead atoms. The molecule has 5 aromatic heterocycles. The Morgan fingerprint density at radius 2 is 0.968 bits per heavy atom. The summed E-state index contributed by atoms with van der Waals surface area (Å²) >= 11 is 0. The lowest BCUT2D eigenvalue weighted by molar-refractivity contribution is 0.667. The van der Waals surface area contributed by atoms with Crippen LogP contribution < -0.4 is 0 Å². The molecule has 13 rings (SSSR count). The van der Waals surface area contributed by atoms with Gasteiger partial charge in [0.2, 0.25) is 5.95 Å². The van der Waals surface area contributed by atoms with E-state index >= 15 is 0 Å². The van der Waals surface area contributed by atoms with Crippen LogP contribution in [0.25, 0.3) is 128 Å². The summed E-state index contributed by atoms with van der Waals surface area (Å²) in [4.78, 5) is 25.9. The molecule has 8 aromatic carbocycles. The molecule has 63 heavy (non-hydrogen) atoms. The third-order valence-electron chi connectivity index (χ3n) is 11.9. The first-order valence-electron chi connectivity index (χ1n) is 20.8. The van der Waals surface area contributed by atoms with Gasteiger partial charge in [0.15, 0.2) is 23.1 Å². The second-order valence-electron chi connectivity index (χ2n) is 15.6. The highest BCUT2D eigenvalue weighted by atomic mass is 16.3. The number of para-hydroxylation sites is 3. The van der Waals surface area contributed by atoms with Crippen molar-refractivity contribution in [2.75, 3.05) is 0 Å². The Bertz CT molecular complexity index is 3910. The lowest BCUT2D eigenvalue weighted by Gasteiger charge is -2.11. The SMILES string of the molecule is c1ccc(-c2nc(-c3cccc4c3oc3cc(-c5nc(-c6ccccc6)c6oc7ccccc7c6n5)ccc34)nc(-n3c4ccccc4c4c(-c5ccccc5)cccc43)n2)cc1. The van der Waals surface area contributed by atoms with Gasteiger partial charge in [-0.1, -0.05) is 152 Å². The van der Waals surface area contributed by atoms with Crippen molar-refractivity contribution < 1.29 is 8.83 Å². The molecule has 0 N–H and O–H groups in total. The monoisotopic (exact) mass is 808 g/mol. The van der Waals surface area contributed by atoms with Crippen LogP contribution in [0.4, 0.5) is 0 Å². The molecule has 0 amide bonds. The molecule has 8 heteroatoms. The predicted octanol–water partition coefficient (Wildman–Crippen LogP) is 13.9. The number of rotatable bonds is 6. The summed E-state index contributed by atoms with van der Waals surface area (Å²) in [6.07, 6.45) is 0. The fourth-order valence-electron chi connectivity index (χ4n) is 9.02. The van der Waals surface area contributed by atoms with Crippen LogP contribution in [0.3, 0.4) is 0 Å². The van der Waals surface area contributed by atoms with Gasteiger partial charge in [0, 0.05) is 43.6 Å². The van der Waals surface area contributed by atoms with E-state index in [4.69, 9.17) is 33.8 Å². The summed E-state index contributed by atoms with van der Waals surface area (Å²) in [6, 6.07) is 65.8. The van der Waals surface area contributed by atoms with E-state index < -0.39 is 0 Å². The van der Waals surface area contributed by atoms with Crippen LogP contribution in [0.2, 0.25) is 0 Å². The maximum Gasteiger partial charge on any atom is 0.238 e. The molecule has 0 unspecified atom stereocenters. The Labute approximate surface area is 359 Å². The smallest absolute Gasteiger partial charge is 0.238 e. The second kappa shape index (κ2) is 13.9. The number of fused-ring (bicyclic) bond motifs is 9. The van der Waals surface area contributed by atoms with Gasteiger partial charge in [0.05, 0.1) is 16.6 Å². The van der Waals surface area contributed by atoms with Crippen molar-refractivity contribution in [1.29, 1.82) is 0 Å². The Kier molecular flexibility index (Phi) is 7.74. The lowest BCUT2D eigenvalue weighted by Crippen LogP contribution is -2.06. The van der Waals surface area contributed by atoms with E-state index in [-0.39, 0.29) is 0 Å². The lowest BCUT2D eigenvalue weighted by atomic mass is 9.99. The summed E-state index contributed by atoms with van der Waals surface area (Å²) in [5.74, 6) is 2.15. The van der Waals surface area contributed by atoms with Gasteiger partial charge in [0.1, 0.15) is 28.0 Å². The highest BCUT2D eigenvalue weighted by molar-refractivity contribution is 6.16. The number of benzene rings is 8. The van der Waals surface area contributed by atoms with Crippen LogP contribution in [-0.2, 0) is 0 Å². The Morgan fingerprint density at radius 3 is 1.79 bits per heavy atom. The van der Waals surface area contributed by atoms with Crippen LogP contribution in [0.1, 0.15) is 0 Å². The van der Waals surface area contributed by atoms with Gasteiger partial charge in [-0.05, 0) is 53.6 Å². The zero-order valence-corrected chi connectivity index (χ0v) is 33.5. The first-order chi connectivity index (χ1) is 31.2. The van der Waals surface area contributed by atoms with E-state index in [9.17, 15) is 0 Å². The van der Waals surface area contributed by atoms with Crippen LogP contribution in [-0.4, -0.2) is 29.5 Å². The molecule has 0 fully saturated rings. The average molecular weight is 809 g/mol. The van der Waals surface area contributed by atoms with Crippen molar-refractivity contribution in [3.05, 3.63) is 194 Å². The van der Waals surface area contributed by atoms with Crippen molar-refractivity contribution in [2.24, 2.45) is 0 Å². The van der Waals surface area contributed by atoms with E-state index in [0.29, 0.717) is 40.2 Å². The number of furan rings is 2. The fourth-order valence-corrected chi connectivity index (χ4v) is 9.02. The van der Waals surface area contributed by atoms with Crippen molar-refractivity contribution in [2.45, 2.75) is 0 Å². The van der Waals surface area contributed by atoms with E-state index in [2.05, 4.69) is 89.5 Å². The van der Waals surface area contributed by atoms with Crippen molar-refractivity contribution in [1.82, 2.24) is 29.5 Å². The predicted molar refractivity (Wildman–Crippen MR) is 251 cm³/mol. The highest BCUT2D eigenvalue weighted by Gasteiger charge is 2.23. The summed E-state index contributed by atoms with van der Waals surface area (Å²) in [6.45, 7) is 0. The summed E-state index contributed by atoms with van der Waals surface area (Å²) < 4.78 is 15.4. The summed E-state index contributed by atoms with van der Waals surface area (Å²) in [5, 5.41) is 5.10. The van der Waals surface area contributed by atoms with Gasteiger partial charge in [-0.2, -0.15) is 9.97 Å². The molecular formula is C55H32N6O2. The van der Waals surface area contributed by atoms with Crippen LogP contribution in [0, 0.1) is 0 Å². The van der Waals surface area contributed by atoms with Gasteiger partial charge >= 0.3 is 0 Å². The molecule has 5 heterocycles. The standard InChI is InChI=1S/C55H32N6O2/c1-4-16-33(17-5-1)37-24-15-28-44-47(37)40-22-10-12-27-43(40)61(44)55-59-52(35-20-8-3-9-21-35)58-54(60-55)42-26-14-25-39-38-31-30-36(32-46(38)63-50(39)42)53-56-48(34-18-6-2-7-19-34)51-49(57-53)41-23-11-13-29-45(41)62-51/h1-32H. The fraction of sp³-hybridized carbons (Fsp3) is 0. The van der Waals surface area contributed by atoms with Gasteiger partial charge < -0.3 is 8.83 Å². The molecule has 0 aliphatic rings. The average Bonchev–Trinajstić information content (AvgIpc) is 4.04. The maximum absolute atomic E-state index is 6.86. The largest absolute Gasteiger partial charge is 0.455 e. The summed E-state index contributed by atoms with van der Waals surface area (Å²) in [5.41, 5.74) is 12.0. The summed E-state index contributed by atoms with van der Waals surface area (Å²) in [7, 11) is 0. The van der Waals surface area contributed by atoms with Crippen molar-refractivity contribution in [3.63, 3.8) is 0 Å². The van der Waals surface area contributed by atoms with Crippen LogP contribution in [0.5, 0.6) is 0 Å². The minimum atomic E-state index is 0.502. The molecular weight excluding hydrogens is 777 g/mol. The van der Waals surface area contributed by atoms with Crippen molar-refractivity contribution in [3.8, 4) is 62.5 Å². The van der Waals surface area contributed by atoms with Gasteiger partial charge in [-0.25, -0.2) is 15.0 Å². The maximum atomic E-state index is 6.86. The Hall–Kier alpha value is -8.75. The molecule has 294 valence electrons. The van der Waals surface area contributed by atoms with Gasteiger partial charge in [-0.15, -0.1) is 0 Å². The second-order valence-corrected chi connectivity index (χ2v) is 15.6. The topological polar surface area (TPSA) is 95.7 Å². The van der Waals surface area contributed by atoms with Gasteiger partial charge in [0.25, 0.3) is 0 Å². The van der Waals surface area contributed by atoms with E-state index in [1.54, 1.807) is 0 Å². The van der Waals surface area contributed by atoms with Gasteiger partial charge in [-0.3, -0.25) is 4.57 Å². The van der Waals surface area contributed by atoms with E-state index in [1.165, 1.54) is 0 Å². The highest BCUT2D eigenvalue weighted by Crippen LogP contribution is 2.41. The third-order valence-corrected chi connectivity index (χ3v) is 11.9. The Balaban J connectivity index is 1.01. The molecule has 0 saturated heterocycles. The van der Waals surface area contributed by atoms with E-state index in [1.807, 2.05) is 109 Å². The number of aromatic nitrogens is 6. The quantitative estimate of drug-likeness (QED) is 0.165. The Morgan fingerprint density at radius 1 is 0.349 bits per heavy atom. The number of nitrogens with zero attached hydrogens (tertiary/aromatic N) is 6. The minimum Gasteiger partial charge on any atom is -0.455 e. The van der Waals surface area contributed by atoms with Crippen LogP contribution >= 0.6 is 0 Å². The van der Waals surface area contributed by atoms with Crippen molar-refractivity contribution >= 4 is 65.8 Å². The minimum absolute atomic E-state index is 0.502. The van der Waals surface area contributed by atoms with E-state index in [0.717, 1.165) is 88.1 Å². The normalized spacial score (nSPS) is 11.8. The molecule has 0 atom stereocenters. The third kappa shape index (κ3) is 5.58.